The molecule has 2 rings (SSSR count). The van der Waals surface area contributed by atoms with Gasteiger partial charge in [0.1, 0.15) is 0 Å². The lowest BCUT2D eigenvalue weighted by atomic mass is 10.0. The fraction of sp³-hybridized carbons (Fsp3) is 0.818. The number of carbonyl (C=O) groups excluding carboxylic acids is 2. The normalized spacial score (nSPS) is 27.3. The third-order valence-electron chi connectivity index (χ3n) is 3.39. The Hall–Kier alpha value is -0.900. The van der Waals surface area contributed by atoms with Crippen LogP contribution in [0.2, 0.25) is 0 Å². The van der Waals surface area contributed by atoms with Crippen molar-refractivity contribution in [2.75, 3.05) is 6.54 Å². The van der Waals surface area contributed by atoms with Gasteiger partial charge in [0.25, 0.3) is 0 Å². The number of nitrogens with one attached hydrogen (secondary N) is 2. The Morgan fingerprint density at radius 3 is 2.60 bits per heavy atom. The van der Waals surface area contributed by atoms with Crippen molar-refractivity contribution in [2.24, 2.45) is 5.92 Å². The Morgan fingerprint density at radius 1 is 1.27 bits per heavy atom. The van der Waals surface area contributed by atoms with Crippen LogP contribution in [0.3, 0.4) is 0 Å². The SMILES string of the molecule is O=C1CC(NCCC2CCCC2)C(=O)N1. The van der Waals surface area contributed by atoms with E-state index < -0.39 is 0 Å². The van der Waals surface area contributed by atoms with Crippen molar-refractivity contribution < 1.29 is 9.59 Å². The van der Waals surface area contributed by atoms with Gasteiger partial charge < -0.3 is 5.32 Å². The first kappa shape index (κ1) is 10.6. The van der Waals surface area contributed by atoms with E-state index in [0.717, 1.165) is 18.9 Å². The van der Waals surface area contributed by atoms with E-state index in [4.69, 9.17) is 0 Å². The van der Waals surface area contributed by atoms with E-state index in [1.807, 2.05) is 0 Å². The molecule has 0 aromatic carbocycles. The van der Waals surface area contributed by atoms with Crippen LogP contribution in [0.4, 0.5) is 0 Å². The summed E-state index contributed by atoms with van der Waals surface area (Å²) < 4.78 is 0. The van der Waals surface area contributed by atoms with E-state index in [2.05, 4.69) is 10.6 Å². The molecular weight excluding hydrogens is 192 g/mol. The van der Waals surface area contributed by atoms with Gasteiger partial charge >= 0.3 is 0 Å². The van der Waals surface area contributed by atoms with Gasteiger partial charge in [0.15, 0.2) is 0 Å². The maximum Gasteiger partial charge on any atom is 0.244 e. The minimum atomic E-state index is -0.279. The standard InChI is InChI=1S/C11H18N2O2/c14-10-7-9(11(15)13-10)12-6-5-8-3-1-2-4-8/h8-9,12H,1-7H2,(H,13,14,15). The first-order valence-electron chi connectivity index (χ1n) is 5.83. The molecular formula is C11H18N2O2. The third-order valence-corrected chi connectivity index (χ3v) is 3.39. The number of carbonyl (C=O) groups is 2. The Kier molecular flexibility index (Phi) is 3.36. The van der Waals surface area contributed by atoms with Crippen molar-refractivity contribution in [3.05, 3.63) is 0 Å². The smallest absolute Gasteiger partial charge is 0.244 e. The maximum absolute atomic E-state index is 11.2. The number of hydrogen-bond donors (Lipinski definition) is 2. The number of imide groups is 1. The molecule has 1 heterocycles. The lowest BCUT2D eigenvalue weighted by Crippen LogP contribution is -2.37. The fourth-order valence-electron chi connectivity index (χ4n) is 2.48. The molecule has 0 aromatic rings. The monoisotopic (exact) mass is 210 g/mol. The van der Waals surface area contributed by atoms with Crippen LogP contribution in [0.1, 0.15) is 38.5 Å². The highest BCUT2D eigenvalue weighted by molar-refractivity contribution is 6.05. The molecule has 1 aliphatic carbocycles. The Morgan fingerprint density at radius 2 is 2.00 bits per heavy atom. The Bertz CT molecular complexity index is 259. The first-order chi connectivity index (χ1) is 7.25. The number of amides is 2. The minimum Gasteiger partial charge on any atom is -0.305 e. The van der Waals surface area contributed by atoms with Crippen LogP contribution < -0.4 is 10.6 Å². The lowest BCUT2D eigenvalue weighted by Gasteiger charge is -2.12. The van der Waals surface area contributed by atoms with Gasteiger partial charge in [0, 0.05) is 0 Å². The summed E-state index contributed by atoms with van der Waals surface area (Å²) in [6.07, 6.45) is 6.82. The predicted molar refractivity (Wildman–Crippen MR) is 56.1 cm³/mol. The van der Waals surface area contributed by atoms with Crippen LogP contribution in [0.25, 0.3) is 0 Å². The quantitative estimate of drug-likeness (QED) is 0.667. The summed E-state index contributed by atoms with van der Waals surface area (Å²) in [6, 6.07) is -0.279. The summed E-state index contributed by atoms with van der Waals surface area (Å²) in [4.78, 5) is 22.1. The molecule has 2 amide bonds. The highest BCUT2D eigenvalue weighted by atomic mass is 16.2. The van der Waals surface area contributed by atoms with E-state index in [-0.39, 0.29) is 17.9 Å². The molecule has 2 N–H and O–H groups in total. The molecule has 1 aliphatic heterocycles. The molecule has 1 saturated carbocycles. The van der Waals surface area contributed by atoms with E-state index in [9.17, 15) is 9.59 Å². The van der Waals surface area contributed by atoms with Crippen molar-refractivity contribution in [1.29, 1.82) is 0 Å². The summed E-state index contributed by atoms with van der Waals surface area (Å²) in [6.45, 7) is 0.857. The van der Waals surface area contributed by atoms with Crippen molar-refractivity contribution in [3.63, 3.8) is 0 Å². The fourth-order valence-corrected chi connectivity index (χ4v) is 2.48. The van der Waals surface area contributed by atoms with Gasteiger partial charge in [-0.15, -0.1) is 0 Å². The second-order valence-electron chi connectivity index (χ2n) is 4.56. The van der Waals surface area contributed by atoms with Crippen LogP contribution in [0.15, 0.2) is 0 Å². The van der Waals surface area contributed by atoms with Gasteiger partial charge in [0.05, 0.1) is 12.5 Å². The van der Waals surface area contributed by atoms with Crippen LogP contribution in [0, 0.1) is 5.92 Å². The predicted octanol–water partition coefficient (Wildman–Crippen LogP) is 0.571. The molecule has 0 radical (unpaired) electrons. The van der Waals surface area contributed by atoms with Gasteiger partial charge in [-0.3, -0.25) is 14.9 Å². The summed E-state index contributed by atoms with van der Waals surface area (Å²) in [5.41, 5.74) is 0. The molecule has 0 bridgehead atoms. The maximum atomic E-state index is 11.2. The molecule has 15 heavy (non-hydrogen) atoms. The number of hydrogen-bond acceptors (Lipinski definition) is 3. The van der Waals surface area contributed by atoms with Crippen LogP contribution in [0.5, 0.6) is 0 Å². The highest BCUT2D eigenvalue weighted by Gasteiger charge is 2.29. The van der Waals surface area contributed by atoms with Gasteiger partial charge in [-0.1, -0.05) is 25.7 Å². The molecule has 1 unspecified atom stereocenters. The number of rotatable bonds is 4. The topological polar surface area (TPSA) is 58.2 Å². The summed E-state index contributed by atoms with van der Waals surface area (Å²) in [5, 5.41) is 5.46. The molecule has 84 valence electrons. The summed E-state index contributed by atoms with van der Waals surface area (Å²) in [7, 11) is 0. The molecule has 1 saturated heterocycles. The zero-order valence-corrected chi connectivity index (χ0v) is 8.92. The first-order valence-corrected chi connectivity index (χ1v) is 5.83. The van der Waals surface area contributed by atoms with E-state index in [0.29, 0.717) is 6.42 Å². The molecule has 0 aromatic heterocycles. The van der Waals surface area contributed by atoms with Crippen LogP contribution in [-0.4, -0.2) is 24.4 Å². The molecule has 1 atom stereocenters. The van der Waals surface area contributed by atoms with E-state index in [1.54, 1.807) is 0 Å². The molecule has 2 aliphatic rings. The Labute approximate surface area is 89.8 Å². The van der Waals surface area contributed by atoms with Gasteiger partial charge in [-0.25, -0.2) is 0 Å². The largest absolute Gasteiger partial charge is 0.305 e. The molecule has 2 fully saturated rings. The lowest BCUT2D eigenvalue weighted by molar-refractivity contribution is -0.125. The van der Waals surface area contributed by atoms with Gasteiger partial charge in [0.2, 0.25) is 11.8 Å². The highest BCUT2D eigenvalue weighted by Crippen LogP contribution is 2.26. The van der Waals surface area contributed by atoms with Gasteiger partial charge in [-0.05, 0) is 18.9 Å². The van der Waals surface area contributed by atoms with Gasteiger partial charge in [-0.2, -0.15) is 0 Å². The zero-order valence-electron chi connectivity index (χ0n) is 8.92. The van der Waals surface area contributed by atoms with Crippen molar-refractivity contribution in [3.8, 4) is 0 Å². The zero-order chi connectivity index (χ0) is 10.7. The second-order valence-corrected chi connectivity index (χ2v) is 4.56. The van der Waals surface area contributed by atoms with Crippen molar-refractivity contribution >= 4 is 11.8 Å². The third kappa shape index (κ3) is 2.78. The minimum absolute atomic E-state index is 0.154. The molecule has 4 heteroatoms. The van der Waals surface area contributed by atoms with E-state index in [1.165, 1.54) is 25.7 Å². The van der Waals surface area contributed by atoms with Crippen LogP contribution in [-0.2, 0) is 9.59 Å². The summed E-state index contributed by atoms with van der Waals surface area (Å²) >= 11 is 0. The molecule has 0 spiro atoms. The van der Waals surface area contributed by atoms with Crippen LogP contribution >= 0.6 is 0 Å². The van der Waals surface area contributed by atoms with Crippen molar-refractivity contribution in [1.82, 2.24) is 10.6 Å². The molecule has 4 nitrogen and oxygen atoms in total. The second kappa shape index (κ2) is 4.75. The average Bonchev–Trinajstić information content (AvgIpc) is 2.77. The summed E-state index contributed by atoms with van der Waals surface area (Å²) in [5.74, 6) is 0.516. The average molecular weight is 210 g/mol. The Balaban J connectivity index is 1.65. The van der Waals surface area contributed by atoms with E-state index >= 15 is 0 Å². The van der Waals surface area contributed by atoms with Crippen molar-refractivity contribution in [2.45, 2.75) is 44.6 Å².